The van der Waals surface area contributed by atoms with E-state index in [1.54, 1.807) is 0 Å². The standard InChI is InChI=1S/C14H22N2S/c1-10(2)16-9-5-4-6-13(16)12-7-8-14(17)15-11(12)3/h7-8,10,13H,4-6,9H2,1-3H3,(H,15,17)/t13-/m1/s1. The van der Waals surface area contributed by atoms with E-state index in [0.717, 1.165) is 4.64 Å². The summed E-state index contributed by atoms with van der Waals surface area (Å²) in [5, 5.41) is 0. The number of pyridine rings is 1. The molecule has 0 saturated carbocycles. The van der Waals surface area contributed by atoms with Gasteiger partial charge in [-0.15, -0.1) is 0 Å². The zero-order chi connectivity index (χ0) is 12.4. The number of H-pyrrole nitrogens is 1. The molecule has 1 aliphatic rings. The minimum absolute atomic E-state index is 0.565. The van der Waals surface area contributed by atoms with Crippen LogP contribution in [0.2, 0.25) is 0 Å². The Balaban J connectivity index is 2.32. The van der Waals surface area contributed by atoms with Crippen molar-refractivity contribution in [3.05, 3.63) is 28.0 Å². The van der Waals surface area contributed by atoms with Crippen LogP contribution in [0.15, 0.2) is 12.1 Å². The molecule has 1 aliphatic heterocycles. The lowest BCUT2D eigenvalue weighted by Gasteiger charge is -2.39. The average Bonchev–Trinajstić information content (AvgIpc) is 2.29. The zero-order valence-corrected chi connectivity index (χ0v) is 11.8. The third-order valence-electron chi connectivity index (χ3n) is 3.72. The van der Waals surface area contributed by atoms with Gasteiger partial charge in [-0.25, -0.2) is 0 Å². The Morgan fingerprint density at radius 3 is 2.76 bits per heavy atom. The Bertz CT molecular complexity index is 436. The highest BCUT2D eigenvalue weighted by Crippen LogP contribution is 2.33. The topological polar surface area (TPSA) is 19.0 Å². The van der Waals surface area contributed by atoms with Gasteiger partial charge in [0, 0.05) is 17.8 Å². The van der Waals surface area contributed by atoms with Crippen molar-refractivity contribution in [3.63, 3.8) is 0 Å². The lowest BCUT2D eigenvalue weighted by molar-refractivity contribution is 0.111. The fourth-order valence-electron chi connectivity index (χ4n) is 2.86. The number of aromatic nitrogens is 1. The van der Waals surface area contributed by atoms with E-state index in [1.165, 1.54) is 37.1 Å². The van der Waals surface area contributed by atoms with Gasteiger partial charge in [-0.3, -0.25) is 4.90 Å². The Hall–Kier alpha value is -0.670. The van der Waals surface area contributed by atoms with Crippen LogP contribution < -0.4 is 0 Å². The molecule has 0 bridgehead atoms. The van der Waals surface area contributed by atoms with E-state index in [9.17, 15) is 0 Å². The molecular formula is C14H22N2S. The van der Waals surface area contributed by atoms with Gasteiger partial charge in [0.1, 0.15) is 4.64 Å². The second kappa shape index (κ2) is 5.32. The zero-order valence-electron chi connectivity index (χ0n) is 11.0. The summed E-state index contributed by atoms with van der Waals surface area (Å²) in [4.78, 5) is 5.90. The molecule has 1 saturated heterocycles. The Labute approximate surface area is 109 Å². The molecule has 1 aromatic rings. The molecular weight excluding hydrogens is 228 g/mol. The molecule has 1 aromatic heterocycles. The fourth-order valence-corrected chi connectivity index (χ4v) is 3.08. The highest BCUT2D eigenvalue weighted by atomic mass is 32.1. The maximum Gasteiger partial charge on any atom is 0.103 e. The average molecular weight is 250 g/mol. The van der Waals surface area contributed by atoms with Crippen molar-refractivity contribution in [2.24, 2.45) is 0 Å². The SMILES string of the molecule is Cc1[nH]c(=S)ccc1[C@H]1CCCCN1C(C)C. The van der Waals surface area contributed by atoms with Crippen LogP contribution in [-0.2, 0) is 0 Å². The van der Waals surface area contributed by atoms with Gasteiger partial charge in [-0.2, -0.15) is 0 Å². The molecule has 1 fully saturated rings. The van der Waals surface area contributed by atoms with E-state index >= 15 is 0 Å². The molecule has 0 aromatic carbocycles. The number of rotatable bonds is 2. The lowest BCUT2D eigenvalue weighted by atomic mass is 9.93. The van der Waals surface area contributed by atoms with Crippen molar-refractivity contribution >= 4 is 12.2 Å². The van der Waals surface area contributed by atoms with Crippen LogP contribution >= 0.6 is 12.2 Å². The summed E-state index contributed by atoms with van der Waals surface area (Å²) < 4.78 is 0.832. The van der Waals surface area contributed by atoms with E-state index in [4.69, 9.17) is 12.2 Å². The predicted molar refractivity (Wildman–Crippen MR) is 74.8 cm³/mol. The molecule has 0 amide bonds. The molecule has 94 valence electrons. The van der Waals surface area contributed by atoms with Gasteiger partial charge in [0.25, 0.3) is 0 Å². The second-order valence-electron chi connectivity index (χ2n) is 5.25. The third kappa shape index (κ3) is 2.78. The number of nitrogens with zero attached hydrogens (tertiary/aromatic N) is 1. The van der Waals surface area contributed by atoms with Crippen LogP contribution in [0.25, 0.3) is 0 Å². The van der Waals surface area contributed by atoms with Crippen molar-refractivity contribution in [2.75, 3.05) is 6.54 Å². The Kier molecular flexibility index (Phi) is 4.00. The molecule has 0 aliphatic carbocycles. The van der Waals surface area contributed by atoms with Gasteiger partial charge in [-0.1, -0.05) is 24.7 Å². The van der Waals surface area contributed by atoms with Crippen LogP contribution in [0, 0.1) is 11.6 Å². The van der Waals surface area contributed by atoms with E-state index in [2.05, 4.69) is 36.7 Å². The summed E-state index contributed by atoms with van der Waals surface area (Å²) in [5.41, 5.74) is 2.65. The number of aryl methyl sites for hydroxylation is 1. The van der Waals surface area contributed by atoms with Crippen LogP contribution in [0.1, 0.15) is 50.4 Å². The third-order valence-corrected chi connectivity index (χ3v) is 3.96. The number of hydrogen-bond donors (Lipinski definition) is 1. The minimum atomic E-state index is 0.565. The van der Waals surface area contributed by atoms with E-state index < -0.39 is 0 Å². The van der Waals surface area contributed by atoms with Gasteiger partial charge in [0.15, 0.2) is 0 Å². The summed E-state index contributed by atoms with van der Waals surface area (Å²) in [5.74, 6) is 0. The molecule has 0 radical (unpaired) electrons. The van der Waals surface area contributed by atoms with E-state index in [1.807, 2.05) is 6.07 Å². The summed E-state index contributed by atoms with van der Waals surface area (Å²) in [7, 11) is 0. The van der Waals surface area contributed by atoms with Gasteiger partial charge in [0.05, 0.1) is 0 Å². The molecule has 2 nitrogen and oxygen atoms in total. The quantitative estimate of drug-likeness (QED) is 0.800. The molecule has 17 heavy (non-hydrogen) atoms. The highest BCUT2D eigenvalue weighted by molar-refractivity contribution is 7.71. The van der Waals surface area contributed by atoms with Gasteiger partial charge >= 0.3 is 0 Å². The molecule has 1 atom stereocenters. The Morgan fingerprint density at radius 1 is 1.35 bits per heavy atom. The summed E-state index contributed by atoms with van der Waals surface area (Å²) in [6, 6.07) is 5.41. The first-order valence-corrected chi connectivity index (χ1v) is 6.96. The fraction of sp³-hybridized carbons (Fsp3) is 0.643. The molecule has 0 spiro atoms. The number of nitrogens with one attached hydrogen (secondary N) is 1. The number of likely N-dealkylation sites (tertiary alicyclic amines) is 1. The largest absolute Gasteiger partial charge is 0.350 e. The smallest absolute Gasteiger partial charge is 0.103 e. The number of hydrogen-bond acceptors (Lipinski definition) is 2. The van der Waals surface area contributed by atoms with Crippen LogP contribution in [0.4, 0.5) is 0 Å². The molecule has 3 heteroatoms. The van der Waals surface area contributed by atoms with Gasteiger partial charge < -0.3 is 4.98 Å². The second-order valence-corrected chi connectivity index (χ2v) is 5.69. The lowest BCUT2D eigenvalue weighted by Crippen LogP contribution is -2.38. The van der Waals surface area contributed by atoms with Crippen LogP contribution in [0.3, 0.4) is 0 Å². The van der Waals surface area contributed by atoms with Crippen molar-refractivity contribution in [1.29, 1.82) is 0 Å². The summed E-state index contributed by atoms with van der Waals surface area (Å²) in [6.45, 7) is 7.94. The highest BCUT2D eigenvalue weighted by Gasteiger charge is 2.26. The van der Waals surface area contributed by atoms with Crippen molar-refractivity contribution in [2.45, 2.75) is 52.1 Å². The van der Waals surface area contributed by atoms with Crippen LogP contribution in [-0.4, -0.2) is 22.5 Å². The van der Waals surface area contributed by atoms with E-state index in [-0.39, 0.29) is 0 Å². The van der Waals surface area contributed by atoms with Gasteiger partial charge in [0.2, 0.25) is 0 Å². The number of piperidine rings is 1. The molecule has 0 unspecified atom stereocenters. The maximum atomic E-state index is 5.17. The molecule has 1 N–H and O–H groups in total. The molecule has 2 rings (SSSR count). The first-order chi connectivity index (χ1) is 8.09. The summed E-state index contributed by atoms with van der Waals surface area (Å²) in [6.07, 6.45) is 3.93. The first kappa shape index (κ1) is 12.8. The maximum absolute atomic E-state index is 5.17. The van der Waals surface area contributed by atoms with E-state index in [0.29, 0.717) is 12.1 Å². The Morgan fingerprint density at radius 2 is 2.12 bits per heavy atom. The predicted octanol–water partition coefficient (Wildman–Crippen LogP) is 3.99. The first-order valence-electron chi connectivity index (χ1n) is 6.55. The normalized spacial score (nSPS) is 22.0. The molecule has 2 heterocycles. The van der Waals surface area contributed by atoms with Crippen molar-refractivity contribution < 1.29 is 0 Å². The van der Waals surface area contributed by atoms with Gasteiger partial charge in [-0.05, 0) is 51.8 Å². The number of aromatic amines is 1. The minimum Gasteiger partial charge on any atom is -0.350 e. The van der Waals surface area contributed by atoms with Crippen molar-refractivity contribution in [3.8, 4) is 0 Å². The monoisotopic (exact) mass is 250 g/mol. The summed E-state index contributed by atoms with van der Waals surface area (Å²) >= 11 is 5.17. The van der Waals surface area contributed by atoms with Crippen LogP contribution in [0.5, 0.6) is 0 Å². The van der Waals surface area contributed by atoms with Crippen molar-refractivity contribution in [1.82, 2.24) is 9.88 Å².